The molecule has 2 unspecified atom stereocenters. The third-order valence-electron chi connectivity index (χ3n) is 2.55. The first-order valence-electron chi connectivity index (χ1n) is 5.52. The molecule has 10 nitrogen and oxygen atoms in total. The minimum Gasteiger partial charge on any atom is -0.387 e. The molecule has 0 saturated carbocycles. The summed E-state index contributed by atoms with van der Waals surface area (Å²) < 4.78 is 19.7. The third-order valence-corrected chi connectivity index (χ3v) is 3.41. The largest absolute Gasteiger partial charge is 0.469 e. The van der Waals surface area contributed by atoms with E-state index in [-0.39, 0.29) is 6.54 Å². The molecule has 0 aromatic carbocycles. The van der Waals surface area contributed by atoms with Gasteiger partial charge in [-0.1, -0.05) is 0 Å². The molecule has 1 heterocycles. The molecule has 7 N–H and O–H groups in total. The highest BCUT2D eigenvalue weighted by molar-refractivity contribution is 7.46. The van der Waals surface area contributed by atoms with Crippen LogP contribution in [0.2, 0.25) is 0 Å². The number of nitrogens with two attached hydrogens (primary N) is 1. The van der Waals surface area contributed by atoms with Crippen LogP contribution in [0.25, 0.3) is 0 Å². The minimum atomic E-state index is -4.73. The SMILES string of the molecule is NCC(Cl)C(=O)NC1O[C@H](COP(=O)(O)O)[C@@H](O)[C@H]1O. The van der Waals surface area contributed by atoms with E-state index in [2.05, 4.69) is 9.84 Å². The molecule has 5 atom stereocenters. The zero-order chi connectivity index (χ0) is 15.5. The highest BCUT2D eigenvalue weighted by Crippen LogP contribution is 2.37. The van der Waals surface area contributed by atoms with E-state index in [4.69, 9.17) is 31.9 Å². The first-order chi connectivity index (χ1) is 9.15. The zero-order valence-corrected chi connectivity index (χ0v) is 11.8. The maximum absolute atomic E-state index is 11.5. The zero-order valence-electron chi connectivity index (χ0n) is 10.1. The van der Waals surface area contributed by atoms with Crippen LogP contribution < -0.4 is 11.1 Å². The molecule has 1 aliphatic rings. The van der Waals surface area contributed by atoms with Gasteiger partial charge in [0.1, 0.15) is 23.7 Å². The van der Waals surface area contributed by atoms with Crippen LogP contribution in [-0.4, -0.2) is 69.0 Å². The van der Waals surface area contributed by atoms with Gasteiger partial charge in [0, 0.05) is 6.54 Å². The third kappa shape index (κ3) is 4.92. The molecule has 1 amide bonds. The number of hydrogen-bond donors (Lipinski definition) is 6. The van der Waals surface area contributed by atoms with E-state index in [0.717, 1.165) is 0 Å². The van der Waals surface area contributed by atoms with E-state index in [0.29, 0.717) is 0 Å². The standard InChI is InChI=1S/C8H16ClN2O8P/c9-3(1-10)7(14)11-8-6(13)5(12)4(19-8)2-18-20(15,16)17/h3-6,8,12-13H,1-2,10H2,(H,11,14)(H2,15,16,17)/t3?,4-,5-,6-,8?/m1/s1. The molecule has 0 radical (unpaired) electrons. The van der Waals surface area contributed by atoms with Crippen LogP contribution in [0.4, 0.5) is 0 Å². The fraction of sp³-hybridized carbons (Fsp3) is 0.875. The molecular weight excluding hydrogens is 319 g/mol. The fourth-order valence-electron chi connectivity index (χ4n) is 1.51. The molecule has 20 heavy (non-hydrogen) atoms. The monoisotopic (exact) mass is 334 g/mol. The lowest BCUT2D eigenvalue weighted by Crippen LogP contribution is -2.47. The molecule has 0 spiro atoms. The molecule has 1 fully saturated rings. The maximum Gasteiger partial charge on any atom is 0.469 e. The summed E-state index contributed by atoms with van der Waals surface area (Å²) >= 11 is 5.57. The molecule has 118 valence electrons. The normalized spacial score (nSPS) is 32.1. The lowest BCUT2D eigenvalue weighted by Gasteiger charge is -2.17. The Morgan fingerprint density at radius 2 is 2.05 bits per heavy atom. The Morgan fingerprint density at radius 3 is 2.55 bits per heavy atom. The Bertz CT molecular complexity index is 393. The Labute approximate surface area is 119 Å². The van der Waals surface area contributed by atoms with Gasteiger partial charge in [0.05, 0.1) is 6.61 Å². The summed E-state index contributed by atoms with van der Waals surface area (Å²) in [6.45, 7) is -0.792. The van der Waals surface area contributed by atoms with E-state index < -0.39 is 50.3 Å². The topological polar surface area (TPSA) is 172 Å². The first-order valence-corrected chi connectivity index (χ1v) is 7.48. The summed E-state index contributed by atoms with van der Waals surface area (Å²) in [5.41, 5.74) is 5.18. The molecule has 1 saturated heterocycles. The number of aliphatic hydroxyl groups excluding tert-OH is 2. The van der Waals surface area contributed by atoms with E-state index >= 15 is 0 Å². The quantitative estimate of drug-likeness (QED) is 0.222. The van der Waals surface area contributed by atoms with Crippen LogP contribution in [-0.2, 0) is 18.6 Å². The number of aliphatic hydroxyl groups is 2. The molecule has 0 aromatic heterocycles. The van der Waals surface area contributed by atoms with Crippen LogP contribution in [0, 0.1) is 0 Å². The number of amides is 1. The molecular formula is C8H16ClN2O8P. The molecule has 1 aliphatic heterocycles. The molecule has 0 aliphatic carbocycles. The maximum atomic E-state index is 11.5. The lowest BCUT2D eigenvalue weighted by atomic mass is 10.1. The van der Waals surface area contributed by atoms with Crippen LogP contribution in [0.5, 0.6) is 0 Å². The van der Waals surface area contributed by atoms with E-state index in [9.17, 15) is 19.6 Å². The number of hydrogen-bond acceptors (Lipinski definition) is 7. The fourth-order valence-corrected chi connectivity index (χ4v) is 1.92. The van der Waals surface area contributed by atoms with Crippen molar-refractivity contribution < 1.29 is 38.6 Å². The molecule has 0 bridgehead atoms. The van der Waals surface area contributed by atoms with Gasteiger partial charge < -0.3 is 35.8 Å². The van der Waals surface area contributed by atoms with E-state index in [1.54, 1.807) is 0 Å². The average molecular weight is 335 g/mol. The summed E-state index contributed by atoms with van der Waals surface area (Å²) in [4.78, 5) is 28.5. The highest BCUT2D eigenvalue weighted by atomic mass is 35.5. The Balaban J connectivity index is 2.56. The van der Waals surface area contributed by atoms with Gasteiger partial charge in [0.25, 0.3) is 0 Å². The van der Waals surface area contributed by atoms with Crippen molar-refractivity contribution in [3.8, 4) is 0 Å². The Morgan fingerprint density at radius 1 is 1.45 bits per heavy atom. The summed E-state index contributed by atoms with van der Waals surface area (Å²) in [5.74, 6) is -0.707. The summed E-state index contributed by atoms with van der Waals surface area (Å²) in [6, 6.07) is 0. The van der Waals surface area contributed by atoms with Crippen molar-refractivity contribution in [2.24, 2.45) is 5.73 Å². The van der Waals surface area contributed by atoms with Gasteiger partial charge in [-0.25, -0.2) is 4.57 Å². The van der Waals surface area contributed by atoms with Gasteiger partial charge in [-0.15, -0.1) is 11.6 Å². The van der Waals surface area contributed by atoms with Crippen molar-refractivity contribution >= 4 is 25.3 Å². The van der Waals surface area contributed by atoms with Gasteiger partial charge in [0.2, 0.25) is 5.91 Å². The lowest BCUT2D eigenvalue weighted by molar-refractivity contribution is -0.127. The van der Waals surface area contributed by atoms with Gasteiger partial charge in [0.15, 0.2) is 6.23 Å². The number of nitrogens with one attached hydrogen (secondary N) is 1. The second kappa shape index (κ2) is 7.12. The number of ether oxygens (including phenoxy) is 1. The predicted molar refractivity (Wildman–Crippen MR) is 65.5 cm³/mol. The van der Waals surface area contributed by atoms with Crippen LogP contribution in [0.3, 0.4) is 0 Å². The highest BCUT2D eigenvalue weighted by Gasteiger charge is 2.44. The molecule has 1 rings (SSSR count). The minimum absolute atomic E-state index is 0.135. The van der Waals surface area contributed by atoms with Crippen molar-refractivity contribution in [1.82, 2.24) is 5.32 Å². The van der Waals surface area contributed by atoms with Crippen LogP contribution in [0.15, 0.2) is 0 Å². The van der Waals surface area contributed by atoms with Gasteiger partial charge in [-0.2, -0.15) is 0 Å². The number of phosphoric acid groups is 1. The second-order valence-corrected chi connectivity index (χ2v) is 5.84. The second-order valence-electron chi connectivity index (χ2n) is 4.07. The van der Waals surface area contributed by atoms with E-state index in [1.807, 2.05) is 0 Å². The summed E-state index contributed by atoms with van der Waals surface area (Å²) in [6.07, 6.45) is -5.48. The van der Waals surface area contributed by atoms with Crippen molar-refractivity contribution in [2.75, 3.05) is 13.2 Å². The first kappa shape index (κ1) is 17.8. The van der Waals surface area contributed by atoms with Crippen molar-refractivity contribution in [3.05, 3.63) is 0 Å². The predicted octanol–water partition coefficient (Wildman–Crippen LogP) is -2.78. The van der Waals surface area contributed by atoms with Gasteiger partial charge in [-0.05, 0) is 0 Å². The van der Waals surface area contributed by atoms with Crippen LogP contribution in [0.1, 0.15) is 0 Å². The Hall–Kier alpha value is -0.290. The van der Waals surface area contributed by atoms with Crippen molar-refractivity contribution in [3.63, 3.8) is 0 Å². The number of rotatable bonds is 6. The van der Waals surface area contributed by atoms with Crippen molar-refractivity contribution in [1.29, 1.82) is 0 Å². The van der Waals surface area contributed by atoms with Crippen LogP contribution >= 0.6 is 19.4 Å². The van der Waals surface area contributed by atoms with Gasteiger partial charge >= 0.3 is 7.82 Å². The summed E-state index contributed by atoms with van der Waals surface area (Å²) in [7, 11) is -4.73. The molecule has 12 heteroatoms. The van der Waals surface area contributed by atoms with Crippen molar-refractivity contribution in [2.45, 2.75) is 29.9 Å². The number of carbonyl (C=O) groups is 1. The Kier molecular flexibility index (Phi) is 6.32. The number of phosphoric ester groups is 1. The number of halogens is 1. The average Bonchev–Trinajstić information content (AvgIpc) is 2.62. The number of alkyl halides is 1. The van der Waals surface area contributed by atoms with Gasteiger partial charge in [-0.3, -0.25) is 9.32 Å². The summed E-state index contributed by atoms with van der Waals surface area (Å²) in [5, 5.41) is 20.4. The molecule has 0 aromatic rings. The smallest absolute Gasteiger partial charge is 0.387 e. The van der Waals surface area contributed by atoms with E-state index in [1.165, 1.54) is 0 Å². The number of carbonyl (C=O) groups excluding carboxylic acids is 1.